The number of anilines is 6. The second-order valence-electron chi connectivity index (χ2n) is 27.5. The van der Waals surface area contributed by atoms with Crippen molar-refractivity contribution in [3.63, 3.8) is 0 Å². The maximum Gasteiger partial charge on any atom is 0.210 e. The Hall–Kier alpha value is -9.88. The topological polar surface area (TPSA) is 34.6 Å². The van der Waals surface area contributed by atoms with Gasteiger partial charge < -0.3 is 9.80 Å². The number of hydrogen-bond donors (Lipinski definition) is 0. The van der Waals surface area contributed by atoms with Crippen LogP contribution in [-0.2, 0) is 21.7 Å². The van der Waals surface area contributed by atoms with Gasteiger partial charge in [0.05, 0.1) is 46.3 Å². The lowest BCUT2D eigenvalue weighted by atomic mass is 9.85. The zero-order valence-electron chi connectivity index (χ0n) is 52.3. The van der Waals surface area contributed by atoms with E-state index in [0.717, 1.165) is 76.8 Å². The number of hydrogen-bond acceptors (Lipinski definition) is 3. The molecule has 0 aliphatic carbocycles. The summed E-state index contributed by atoms with van der Waals surface area (Å²) in [5, 5.41) is 16.3. The molecule has 0 fully saturated rings. The Bertz CT molecular complexity index is 4420. The molecule has 0 bridgehead atoms. The van der Waals surface area contributed by atoms with Crippen LogP contribution < -0.4 is 9.80 Å². The van der Waals surface area contributed by atoms with Crippen molar-refractivity contribution < 1.29 is 8.78 Å². The van der Waals surface area contributed by atoms with Crippen LogP contribution in [0.3, 0.4) is 0 Å². The quantitative estimate of drug-likeness (QED) is 0.101. The maximum absolute atomic E-state index is 18.5. The van der Waals surface area contributed by atoms with Crippen molar-refractivity contribution >= 4 is 72.1 Å². The molecule has 0 radical (unpaired) electrons. The number of benzene rings is 12. The molecule has 0 unspecified atom stereocenters. The normalized spacial score (nSPS) is 12.2. The fourth-order valence-electron chi connectivity index (χ4n) is 12.5. The zero-order chi connectivity index (χ0) is 62.2. The first-order valence-corrected chi connectivity index (χ1v) is 30.3. The van der Waals surface area contributed by atoms with E-state index in [1.54, 1.807) is 24.3 Å². The Labute approximate surface area is 517 Å². The van der Waals surface area contributed by atoms with E-state index in [9.17, 15) is 5.26 Å². The van der Waals surface area contributed by atoms with Crippen LogP contribution in [-0.4, -0.2) is 0 Å². The van der Waals surface area contributed by atoms with Gasteiger partial charge in [-0.05, 0) is 153 Å². The van der Waals surface area contributed by atoms with Crippen LogP contribution in [0.5, 0.6) is 0 Å². The Morgan fingerprint density at radius 2 is 0.705 bits per heavy atom. The van der Waals surface area contributed by atoms with Gasteiger partial charge in [-0.15, -0.1) is 0 Å². The molecule has 0 spiro atoms. The van der Waals surface area contributed by atoms with E-state index in [1.165, 1.54) is 11.1 Å². The highest BCUT2D eigenvalue weighted by Gasteiger charge is 2.31. The van der Waals surface area contributed by atoms with E-state index >= 15 is 8.78 Å². The molecular weight excluding hydrogens is 1080 g/mol. The van der Waals surface area contributed by atoms with Gasteiger partial charge in [-0.2, -0.15) is 5.26 Å². The Morgan fingerprint density at radius 3 is 1.08 bits per heavy atom. The number of para-hydroxylation sites is 3. The highest BCUT2D eigenvalue weighted by Crippen LogP contribution is 2.54. The molecule has 12 rings (SSSR count). The van der Waals surface area contributed by atoms with Gasteiger partial charge >= 0.3 is 0 Å². The molecule has 12 aromatic rings. The van der Waals surface area contributed by atoms with Gasteiger partial charge in [-0.1, -0.05) is 247 Å². The summed E-state index contributed by atoms with van der Waals surface area (Å²) in [7, 11) is 0. The van der Waals surface area contributed by atoms with Crippen LogP contribution >= 0.6 is 0 Å². The average molecular weight is 1150 g/mol. The third-order valence-electron chi connectivity index (χ3n) is 17.5. The van der Waals surface area contributed by atoms with Crippen molar-refractivity contribution in [2.75, 3.05) is 9.80 Å². The molecule has 6 heteroatoms. The van der Waals surface area contributed by atoms with Crippen LogP contribution in [0.2, 0.25) is 0 Å². The molecular formula is C82H72F2N4. The smallest absolute Gasteiger partial charge is 0.210 e. The van der Waals surface area contributed by atoms with E-state index in [4.69, 9.17) is 6.57 Å². The molecule has 0 amide bonds. The molecule has 88 heavy (non-hydrogen) atoms. The molecule has 434 valence electrons. The van der Waals surface area contributed by atoms with Crippen molar-refractivity contribution in [1.82, 2.24) is 0 Å². The van der Waals surface area contributed by atoms with E-state index in [0.29, 0.717) is 56.5 Å². The minimum atomic E-state index is -0.457. The molecule has 0 atom stereocenters. The van der Waals surface area contributed by atoms with Crippen molar-refractivity contribution in [2.24, 2.45) is 0 Å². The van der Waals surface area contributed by atoms with Gasteiger partial charge in [0, 0.05) is 21.9 Å². The molecule has 0 aromatic heterocycles. The number of nitriles is 1. The molecule has 0 aliphatic rings. The second-order valence-corrected chi connectivity index (χ2v) is 27.5. The molecule has 0 N–H and O–H groups in total. The molecule has 0 heterocycles. The summed E-state index contributed by atoms with van der Waals surface area (Å²) < 4.78 is 36.9. The van der Waals surface area contributed by atoms with E-state index in [1.807, 2.05) is 58.3 Å². The number of halogens is 2. The van der Waals surface area contributed by atoms with Crippen molar-refractivity contribution in [3.05, 3.63) is 269 Å². The Balaban J connectivity index is 1.13. The van der Waals surface area contributed by atoms with Crippen LogP contribution in [0.15, 0.2) is 218 Å². The summed E-state index contributed by atoms with van der Waals surface area (Å²) in [4.78, 5) is 7.96. The van der Waals surface area contributed by atoms with Crippen LogP contribution in [0.4, 0.5) is 48.6 Å². The fourth-order valence-corrected chi connectivity index (χ4v) is 12.5. The average Bonchev–Trinajstić information content (AvgIpc) is 0.796. The van der Waals surface area contributed by atoms with Gasteiger partial charge in [-0.25, -0.2) is 13.6 Å². The molecule has 0 aliphatic heterocycles. The van der Waals surface area contributed by atoms with Crippen LogP contribution in [0.25, 0.3) is 81.7 Å². The lowest BCUT2D eigenvalue weighted by Gasteiger charge is -2.32. The molecule has 0 saturated heterocycles. The third kappa shape index (κ3) is 10.7. The summed E-state index contributed by atoms with van der Waals surface area (Å²) in [6.07, 6.45) is 0. The lowest BCUT2D eigenvalue weighted by molar-refractivity contribution is 0.590. The molecule has 0 saturated carbocycles. The Kier molecular flexibility index (Phi) is 14.7. The molecule has 12 aromatic carbocycles. The van der Waals surface area contributed by atoms with Crippen molar-refractivity contribution in [3.8, 4) is 50.6 Å². The van der Waals surface area contributed by atoms with Gasteiger partial charge in [0.25, 0.3) is 0 Å². The molecule has 4 nitrogen and oxygen atoms in total. The number of rotatable bonds is 10. The minimum Gasteiger partial charge on any atom is -0.317 e. The summed E-state index contributed by atoms with van der Waals surface area (Å²) >= 11 is 0. The fraction of sp³-hybridized carbons (Fsp3) is 0.195. The van der Waals surface area contributed by atoms with E-state index in [-0.39, 0.29) is 21.7 Å². The SMILES string of the molecule is [C-]#[N+]c1ccccc1N(c1c(F)cc(-c2ccc(C(C)(C)C)cc2)cc1-c1ccc(C(C)(C)C)cc1)c1ccc2ccc3c(N(c4ccccc4C#N)c4c(F)cc(-c5ccc(C(C)(C)C)cc5)cc4-c4ccc(C(C)(C)C)cc4)ccc4ccc1c2c43. The van der Waals surface area contributed by atoms with Gasteiger partial charge in [0.15, 0.2) is 0 Å². The predicted octanol–water partition coefficient (Wildman–Crippen LogP) is 24.1. The zero-order valence-corrected chi connectivity index (χ0v) is 52.3. The first-order chi connectivity index (χ1) is 41.9. The van der Waals surface area contributed by atoms with Crippen LogP contribution in [0.1, 0.15) is 111 Å². The Morgan fingerprint density at radius 1 is 0.364 bits per heavy atom. The monoisotopic (exact) mass is 1150 g/mol. The second kappa shape index (κ2) is 22.1. The van der Waals surface area contributed by atoms with Gasteiger partial charge in [0.1, 0.15) is 17.7 Å². The first kappa shape index (κ1) is 58.5. The summed E-state index contributed by atoms with van der Waals surface area (Å²) in [6.45, 7) is 34.8. The van der Waals surface area contributed by atoms with Crippen LogP contribution in [0, 0.1) is 29.5 Å². The third-order valence-corrected chi connectivity index (χ3v) is 17.5. The predicted molar refractivity (Wildman–Crippen MR) is 367 cm³/mol. The standard InChI is InChI=1S/C82H72F2N4/c1-79(2,3)60-34-22-51(23-35-60)58-46-66(53-26-38-62(39-27-53)81(7,8)9)77(68(83)48-58)87(71-20-16-14-18-57(71)50-85)72-44-32-55-31-43-65-73(45-33-56-30-42-64(72)75(55)76(56)65)88(74-21-17-15-19-70(74)86-13)78-67(54-28-40-63(41-29-54)82(10,11)12)47-59(49-69(78)84)52-24-36-61(37-25-52)80(4,5)6/h14-49H,1-12H3. The van der Waals surface area contributed by atoms with Crippen molar-refractivity contribution in [1.29, 1.82) is 5.26 Å². The first-order valence-electron chi connectivity index (χ1n) is 30.3. The van der Waals surface area contributed by atoms with Gasteiger partial charge in [0.2, 0.25) is 5.69 Å². The lowest BCUT2D eigenvalue weighted by Crippen LogP contribution is -2.16. The van der Waals surface area contributed by atoms with E-state index < -0.39 is 11.6 Å². The summed E-state index contributed by atoms with van der Waals surface area (Å²) in [5.74, 6) is -0.911. The highest BCUT2D eigenvalue weighted by atomic mass is 19.1. The minimum absolute atomic E-state index is 0.0673. The largest absolute Gasteiger partial charge is 0.317 e. The summed E-state index contributed by atoms with van der Waals surface area (Å²) in [5.41, 5.74) is 14.2. The van der Waals surface area contributed by atoms with Crippen molar-refractivity contribution in [2.45, 2.75) is 105 Å². The highest BCUT2D eigenvalue weighted by molar-refractivity contribution is 6.28. The summed E-state index contributed by atoms with van der Waals surface area (Å²) in [6, 6.07) is 74.9. The maximum atomic E-state index is 18.5. The number of nitrogens with zero attached hydrogens (tertiary/aromatic N) is 4. The van der Waals surface area contributed by atoms with E-state index in [2.05, 4.69) is 240 Å². The van der Waals surface area contributed by atoms with Gasteiger partial charge in [-0.3, -0.25) is 0 Å².